The zero-order valence-corrected chi connectivity index (χ0v) is 18.1. The van der Waals surface area contributed by atoms with Crippen molar-refractivity contribution in [2.75, 3.05) is 0 Å². The van der Waals surface area contributed by atoms with Crippen molar-refractivity contribution in [3.05, 3.63) is 109 Å². The van der Waals surface area contributed by atoms with Crippen molar-refractivity contribution in [2.24, 2.45) is 0 Å². The molecule has 0 aliphatic carbocycles. The lowest BCUT2D eigenvalue weighted by atomic mass is 10.0. The first kappa shape index (κ1) is 18.7. The molecule has 0 fully saturated rings. The zero-order valence-electron chi connectivity index (χ0n) is 18.1. The minimum atomic E-state index is 0.416. The molecular formula is C30H17N3O. The molecule has 0 aliphatic heterocycles. The largest absolute Gasteiger partial charge is 0.456 e. The molecule has 0 saturated heterocycles. The zero-order chi connectivity index (χ0) is 22.6. The summed E-state index contributed by atoms with van der Waals surface area (Å²) in [7, 11) is 0. The summed E-state index contributed by atoms with van der Waals surface area (Å²) in [5.41, 5.74) is 7.16. The molecule has 4 nitrogen and oxygen atoms in total. The molecule has 0 saturated carbocycles. The van der Waals surface area contributed by atoms with E-state index in [0.29, 0.717) is 5.69 Å². The summed E-state index contributed by atoms with van der Waals surface area (Å²) in [6.45, 7) is 0. The number of nitriles is 1. The SMILES string of the molecule is N#Cc1ncccc1-c1ccccc1-n1c2ccccc2c2cc3oc4ccccc4c3cc21. The highest BCUT2D eigenvalue weighted by atomic mass is 16.3. The number of furan rings is 1. The van der Waals surface area contributed by atoms with Crippen LogP contribution in [-0.2, 0) is 0 Å². The average Bonchev–Trinajstić information content (AvgIpc) is 3.42. The first-order valence-electron chi connectivity index (χ1n) is 11.1. The molecule has 7 rings (SSSR count). The van der Waals surface area contributed by atoms with E-state index in [9.17, 15) is 5.26 Å². The molecule has 0 N–H and O–H groups in total. The fourth-order valence-electron chi connectivity index (χ4n) is 5.05. The fourth-order valence-corrected chi connectivity index (χ4v) is 5.05. The van der Waals surface area contributed by atoms with E-state index in [1.54, 1.807) is 6.20 Å². The minimum absolute atomic E-state index is 0.416. The van der Waals surface area contributed by atoms with E-state index in [0.717, 1.165) is 60.6 Å². The molecule has 4 aromatic carbocycles. The molecule has 0 radical (unpaired) electrons. The van der Waals surface area contributed by atoms with E-state index in [2.05, 4.69) is 70.2 Å². The van der Waals surface area contributed by atoms with E-state index >= 15 is 0 Å². The number of hydrogen-bond acceptors (Lipinski definition) is 3. The third-order valence-electron chi connectivity index (χ3n) is 6.52. The predicted octanol–water partition coefficient (Wildman–Crippen LogP) is 7.62. The fraction of sp³-hybridized carbons (Fsp3) is 0. The van der Waals surface area contributed by atoms with Crippen LogP contribution in [0, 0.1) is 11.3 Å². The Bertz CT molecular complexity index is 1930. The second-order valence-electron chi connectivity index (χ2n) is 8.34. The number of fused-ring (bicyclic) bond motifs is 6. The highest BCUT2D eigenvalue weighted by Crippen LogP contribution is 2.40. The highest BCUT2D eigenvalue weighted by molar-refractivity contribution is 6.17. The van der Waals surface area contributed by atoms with Crippen LogP contribution in [0.15, 0.2) is 108 Å². The smallest absolute Gasteiger partial charge is 0.148 e. The van der Waals surface area contributed by atoms with Gasteiger partial charge in [-0.1, -0.05) is 54.6 Å². The molecular weight excluding hydrogens is 418 g/mol. The molecule has 158 valence electrons. The molecule has 0 unspecified atom stereocenters. The van der Waals surface area contributed by atoms with E-state index < -0.39 is 0 Å². The van der Waals surface area contributed by atoms with E-state index in [1.165, 1.54) is 0 Å². The normalized spacial score (nSPS) is 11.5. The molecule has 0 spiro atoms. The molecule has 4 heteroatoms. The van der Waals surface area contributed by atoms with Crippen molar-refractivity contribution >= 4 is 43.7 Å². The lowest BCUT2D eigenvalue weighted by molar-refractivity contribution is 0.669. The first-order valence-corrected chi connectivity index (χ1v) is 11.1. The van der Waals surface area contributed by atoms with Crippen LogP contribution in [0.1, 0.15) is 5.69 Å². The van der Waals surface area contributed by atoms with Gasteiger partial charge >= 0.3 is 0 Å². The van der Waals surface area contributed by atoms with Crippen LogP contribution >= 0.6 is 0 Å². The Morgan fingerprint density at radius 1 is 0.647 bits per heavy atom. The molecule has 0 amide bonds. The third-order valence-corrected chi connectivity index (χ3v) is 6.52. The van der Waals surface area contributed by atoms with Crippen molar-refractivity contribution < 1.29 is 4.42 Å². The number of nitrogens with zero attached hydrogens (tertiary/aromatic N) is 3. The van der Waals surface area contributed by atoms with Gasteiger partial charge in [-0.15, -0.1) is 0 Å². The topological polar surface area (TPSA) is 54.8 Å². The van der Waals surface area contributed by atoms with Gasteiger partial charge in [-0.2, -0.15) is 5.26 Å². The monoisotopic (exact) mass is 435 g/mol. The quantitative estimate of drug-likeness (QED) is 0.281. The van der Waals surface area contributed by atoms with E-state index in [4.69, 9.17) is 4.42 Å². The lowest BCUT2D eigenvalue weighted by Crippen LogP contribution is -1.98. The van der Waals surface area contributed by atoms with Crippen molar-refractivity contribution in [2.45, 2.75) is 0 Å². The summed E-state index contributed by atoms with van der Waals surface area (Å²) in [6, 6.07) is 35.2. The second-order valence-corrected chi connectivity index (χ2v) is 8.34. The van der Waals surface area contributed by atoms with Crippen LogP contribution in [0.3, 0.4) is 0 Å². The number of para-hydroxylation sites is 3. The van der Waals surface area contributed by atoms with Gasteiger partial charge < -0.3 is 8.98 Å². The van der Waals surface area contributed by atoms with Crippen molar-refractivity contribution in [1.29, 1.82) is 5.26 Å². The van der Waals surface area contributed by atoms with Gasteiger partial charge in [0.05, 0.1) is 16.7 Å². The second kappa shape index (κ2) is 7.06. The maximum atomic E-state index is 9.71. The van der Waals surface area contributed by atoms with Crippen LogP contribution < -0.4 is 0 Å². The lowest BCUT2D eigenvalue weighted by Gasteiger charge is -2.14. The maximum Gasteiger partial charge on any atom is 0.148 e. The summed E-state index contributed by atoms with van der Waals surface area (Å²) in [5.74, 6) is 0. The first-order chi connectivity index (χ1) is 16.8. The average molecular weight is 435 g/mol. The van der Waals surface area contributed by atoms with Gasteiger partial charge in [0, 0.05) is 38.9 Å². The Morgan fingerprint density at radius 2 is 1.41 bits per heavy atom. The molecule has 7 aromatic rings. The Balaban J connectivity index is 1.64. The summed E-state index contributed by atoms with van der Waals surface area (Å²) in [5, 5.41) is 14.2. The number of benzene rings is 4. The van der Waals surface area contributed by atoms with Crippen LogP contribution in [0.25, 0.3) is 60.6 Å². The number of rotatable bonds is 2. The van der Waals surface area contributed by atoms with Crippen LogP contribution in [0.2, 0.25) is 0 Å². The summed E-state index contributed by atoms with van der Waals surface area (Å²) in [4.78, 5) is 4.31. The van der Waals surface area contributed by atoms with E-state index in [-0.39, 0.29) is 0 Å². The van der Waals surface area contributed by atoms with E-state index in [1.807, 2.05) is 42.5 Å². The Labute approximate surface area is 194 Å². The van der Waals surface area contributed by atoms with Gasteiger partial charge in [-0.3, -0.25) is 0 Å². The standard InChI is InChI=1S/C30H17N3O/c31-18-25-19(11-7-15-32-25)20-8-1-4-12-26(20)33-27-13-5-2-9-21(27)23-17-30-24(16-28(23)33)22-10-3-6-14-29(22)34-30/h1-17H. The summed E-state index contributed by atoms with van der Waals surface area (Å²) in [6.07, 6.45) is 1.66. The van der Waals surface area contributed by atoms with Gasteiger partial charge in [0.25, 0.3) is 0 Å². The Morgan fingerprint density at radius 3 is 2.32 bits per heavy atom. The van der Waals surface area contributed by atoms with Crippen molar-refractivity contribution in [1.82, 2.24) is 9.55 Å². The third kappa shape index (κ3) is 2.55. The van der Waals surface area contributed by atoms with Crippen molar-refractivity contribution in [3.63, 3.8) is 0 Å². The number of pyridine rings is 1. The Hall–Kier alpha value is -4.88. The van der Waals surface area contributed by atoms with Gasteiger partial charge in [-0.25, -0.2) is 4.98 Å². The number of aromatic nitrogens is 2. The highest BCUT2D eigenvalue weighted by Gasteiger charge is 2.19. The molecule has 3 aromatic heterocycles. The molecule has 3 heterocycles. The van der Waals surface area contributed by atoms with Crippen LogP contribution in [0.4, 0.5) is 0 Å². The minimum Gasteiger partial charge on any atom is -0.456 e. The van der Waals surface area contributed by atoms with Gasteiger partial charge in [0.15, 0.2) is 0 Å². The summed E-state index contributed by atoms with van der Waals surface area (Å²) >= 11 is 0. The van der Waals surface area contributed by atoms with Gasteiger partial charge in [0.1, 0.15) is 22.9 Å². The van der Waals surface area contributed by atoms with Crippen molar-refractivity contribution in [3.8, 4) is 22.9 Å². The van der Waals surface area contributed by atoms with Crippen LogP contribution in [-0.4, -0.2) is 9.55 Å². The predicted molar refractivity (Wildman–Crippen MR) is 136 cm³/mol. The van der Waals surface area contributed by atoms with Gasteiger partial charge in [-0.05, 0) is 42.5 Å². The van der Waals surface area contributed by atoms with Crippen LogP contribution in [0.5, 0.6) is 0 Å². The maximum absolute atomic E-state index is 9.71. The molecule has 0 bridgehead atoms. The molecule has 0 aliphatic rings. The summed E-state index contributed by atoms with van der Waals surface area (Å²) < 4.78 is 8.48. The molecule has 0 atom stereocenters. The Kier molecular flexibility index (Phi) is 3.88. The number of hydrogen-bond donors (Lipinski definition) is 0. The van der Waals surface area contributed by atoms with Gasteiger partial charge in [0.2, 0.25) is 0 Å². The molecule has 34 heavy (non-hydrogen) atoms.